The molecule has 0 fully saturated rings. The number of para-hydroxylation sites is 1. The fourth-order valence-corrected chi connectivity index (χ4v) is 5.56. The van der Waals surface area contributed by atoms with Gasteiger partial charge in [-0.05, 0) is 12.1 Å². The third-order valence-electron chi connectivity index (χ3n) is 4.76. The summed E-state index contributed by atoms with van der Waals surface area (Å²) >= 11 is 26.1. The van der Waals surface area contributed by atoms with Crippen LogP contribution in [0.5, 0.6) is 0 Å². The van der Waals surface area contributed by atoms with E-state index in [9.17, 15) is 9.59 Å². The van der Waals surface area contributed by atoms with Gasteiger partial charge in [0.05, 0.1) is 15.8 Å². The van der Waals surface area contributed by atoms with Gasteiger partial charge in [-0.1, -0.05) is 64.6 Å². The van der Waals surface area contributed by atoms with Crippen LogP contribution in [0.3, 0.4) is 0 Å². The lowest BCUT2D eigenvalue weighted by Crippen LogP contribution is -2.58. The highest BCUT2D eigenvalue weighted by molar-refractivity contribution is 6.50. The van der Waals surface area contributed by atoms with Crippen molar-refractivity contribution in [3.05, 3.63) is 61.4 Å². The van der Waals surface area contributed by atoms with Crippen molar-refractivity contribution in [1.82, 2.24) is 13.9 Å². The van der Waals surface area contributed by atoms with Crippen LogP contribution in [0.25, 0.3) is 5.69 Å². The normalized spacial score (nSPS) is 28.7. The van der Waals surface area contributed by atoms with Crippen molar-refractivity contribution < 1.29 is 9.47 Å². The number of benzene rings is 1. The fourth-order valence-electron chi connectivity index (χ4n) is 3.67. The van der Waals surface area contributed by atoms with Gasteiger partial charge < -0.3 is 9.47 Å². The fraction of sp³-hybridized carbons (Fsp3) is 0.333. The average Bonchev–Trinajstić information content (AvgIpc) is 3.06. The minimum Gasteiger partial charge on any atom is -0.347 e. The van der Waals surface area contributed by atoms with E-state index in [1.54, 1.807) is 30.3 Å². The molecule has 26 heavy (non-hydrogen) atoms. The Labute approximate surface area is 166 Å². The van der Waals surface area contributed by atoms with E-state index >= 15 is 0 Å². The van der Waals surface area contributed by atoms with Crippen LogP contribution in [0, 0.1) is 0 Å². The molecule has 7 nitrogen and oxygen atoms in total. The maximum atomic E-state index is 13.1. The third-order valence-corrected chi connectivity index (χ3v) is 7.18. The molecule has 2 heterocycles. The van der Waals surface area contributed by atoms with Gasteiger partial charge in [0.1, 0.15) is 0 Å². The summed E-state index contributed by atoms with van der Waals surface area (Å²) in [4.78, 5) is 22.3. The lowest BCUT2D eigenvalue weighted by Gasteiger charge is -2.38. The molecule has 1 aliphatic carbocycles. The maximum Gasteiger partial charge on any atom is 0.354 e. The first-order valence-electron chi connectivity index (χ1n) is 7.31. The van der Waals surface area contributed by atoms with E-state index in [4.69, 9.17) is 55.9 Å². The Morgan fingerprint density at radius 2 is 1.27 bits per heavy atom. The second-order valence-corrected chi connectivity index (χ2v) is 7.61. The van der Waals surface area contributed by atoms with E-state index in [0.717, 1.165) is 13.9 Å². The predicted octanol–water partition coefficient (Wildman–Crippen LogP) is 2.29. The molecule has 0 spiro atoms. The molecule has 0 saturated carbocycles. The number of halogens is 4. The zero-order valence-electron chi connectivity index (χ0n) is 13.4. The van der Waals surface area contributed by atoms with E-state index in [1.807, 2.05) is 0 Å². The number of alkyl halides is 2. The number of rotatable bonds is 3. The van der Waals surface area contributed by atoms with Crippen molar-refractivity contribution in [2.24, 2.45) is 0 Å². The molecule has 1 aromatic carbocycles. The number of aromatic nitrogens is 3. The Morgan fingerprint density at radius 1 is 0.846 bits per heavy atom. The molecule has 2 bridgehead atoms. The third kappa shape index (κ3) is 1.58. The molecule has 11 heteroatoms. The van der Waals surface area contributed by atoms with Gasteiger partial charge in [-0.15, -0.1) is 0 Å². The summed E-state index contributed by atoms with van der Waals surface area (Å²) in [6.07, 6.45) is 0. The van der Waals surface area contributed by atoms with Crippen molar-refractivity contribution in [3.8, 4) is 5.69 Å². The number of hydrogen-bond donors (Lipinski definition) is 0. The second-order valence-electron chi connectivity index (χ2n) is 5.76. The Balaban J connectivity index is 2.17. The molecule has 0 radical (unpaired) electrons. The summed E-state index contributed by atoms with van der Waals surface area (Å²) in [5, 5.41) is -0.321. The number of methoxy groups -OCH3 is 2. The largest absolute Gasteiger partial charge is 0.354 e. The van der Waals surface area contributed by atoms with Crippen LogP contribution in [0.4, 0.5) is 0 Å². The summed E-state index contributed by atoms with van der Waals surface area (Å²) in [5.74, 6) is -1.91. The van der Waals surface area contributed by atoms with Gasteiger partial charge in [0.25, 0.3) is 5.79 Å². The Morgan fingerprint density at radius 3 is 1.65 bits per heavy atom. The first-order chi connectivity index (χ1) is 12.2. The molecule has 0 N–H and O–H groups in total. The summed E-state index contributed by atoms with van der Waals surface area (Å²) in [6.45, 7) is 0. The highest BCUT2D eigenvalue weighted by Crippen LogP contribution is 2.68. The highest BCUT2D eigenvalue weighted by Gasteiger charge is 2.82. The number of hydrogen-bond acceptors (Lipinski definition) is 4. The molecule has 0 unspecified atom stereocenters. The van der Waals surface area contributed by atoms with Gasteiger partial charge in [-0.2, -0.15) is 9.36 Å². The van der Waals surface area contributed by atoms with E-state index in [2.05, 4.69) is 0 Å². The first-order valence-corrected chi connectivity index (χ1v) is 8.83. The molecule has 2 aliphatic rings. The molecular weight excluding hydrogens is 428 g/mol. The number of nitrogens with zero attached hydrogens (tertiary/aromatic N) is 3. The van der Waals surface area contributed by atoms with Crippen LogP contribution in [-0.2, 0) is 19.5 Å². The van der Waals surface area contributed by atoms with Gasteiger partial charge in [0.15, 0.2) is 0 Å². The molecular formula is C15H11Cl4N3O4. The maximum absolute atomic E-state index is 13.1. The van der Waals surface area contributed by atoms with Crippen molar-refractivity contribution in [3.63, 3.8) is 0 Å². The summed E-state index contributed by atoms with van der Waals surface area (Å²) in [5.41, 5.74) is -1.19. The molecule has 138 valence electrons. The summed E-state index contributed by atoms with van der Waals surface area (Å²) in [7, 11) is 2.54. The van der Waals surface area contributed by atoms with Gasteiger partial charge in [-0.3, -0.25) is 0 Å². The van der Waals surface area contributed by atoms with Crippen molar-refractivity contribution in [2.45, 2.75) is 15.8 Å². The van der Waals surface area contributed by atoms with Crippen molar-refractivity contribution in [2.75, 3.05) is 14.2 Å². The van der Waals surface area contributed by atoms with Gasteiger partial charge in [-0.25, -0.2) is 14.2 Å². The molecule has 0 amide bonds. The Bertz CT molecular complexity index is 1010. The van der Waals surface area contributed by atoms with E-state index in [-0.39, 0.29) is 10.1 Å². The van der Waals surface area contributed by atoms with E-state index < -0.39 is 27.2 Å². The van der Waals surface area contributed by atoms with Crippen molar-refractivity contribution in [1.29, 1.82) is 0 Å². The standard InChI is InChI=1S/C15H11Cl4N3O4/c1-25-15(26-2)13(18)9(16)10(17)14(15,19)22-12(24)20(11(23)21(13)22)8-6-4-3-5-7-8/h3-7H,1-2H3/t13-,14+. The zero-order valence-corrected chi connectivity index (χ0v) is 16.4. The minimum absolute atomic E-state index is 0.160. The quantitative estimate of drug-likeness (QED) is 0.544. The van der Waals surface area contributed by atoms with Crippen LogP contribution in [0.15, 0.2) is 50.0 Å². The number of ether oxygens (including phenoxy) is 2. The van der Waals surface area contributed by atoms with Crippen molar-refractivity contribution >= 4 is 46.4 Å². The van der Waals surface area contributed by atoms with Crippen LogP contribution in [-0.4, -0.2) is 33.9 Å². The summed E-state index contributed by atoms with van der Waals surface area (Å²) in [6, 6.07) is 8.31. The van der Waals surface area contributed by atoms with Crippen LogP contribution in [0.2, 0.25) is 0 Å². The molecule has 2 atom stereocenters. The zero-order chi connectivity index (χ0) is 19.1. The molecule has 0 saturated heterocycles. The lowest BCUT2D eigenvalue weighted by atomic mass is 10.1. The second kappa shape index (κ2) is 5.41. The Kier molecular flexibility index (Phi) is 3.77. The number of fused-ring (bicyclic) bond motifs is 5. The van der Waals surface area contributed by atoms with Gasteiger partial charge in [0.2, 0.25) is 10.00 Å². The molecule has 4 rings (SSSR count). The van der Waals surface area contributed by atoms with Crippen LogP contribution in [0.1, 0.15) is 0 Å². The first kappa shape index (κ1) is 18.2. The molecule has 1 aliphatic heterocycles. The average molecular weight is 439 g/mol. The van der Waals surface area contributed by atoms with E-state index in [1.165, 1.54) is 14.2 Å². The molecule has 1 aromatic heterocycles. The monoisotopic (exact) mass is 437 g/mol. The van der Waals surface area contributed by atoms with Crippen LogP contribution < -0.4 is 11.4 Å². The van der Waals surface area contributed by atoms with Gasteiger partial charge >= 0.3 is 11.4 Å². The Hall–Kier alpha value is -1.22. The summed E-state index contributed by atoms with van der Waals surface area (Å²) < 4.78 is 13.7. The minimum atomic E-state index is -1.97. The lowest BCUT2D eigenvalue weighted by molar-refractivity contribution is -0.240. The topological polar surface area (TPSA) is 67.4 Å². The predicted molar refractivity (Wildman–Crippen MR) is 97.4 cm³/mol. The van der Waals surface area contributed by atoms with Gasteiger partial charge in [0, 0.05) is 14.2 Å². The smallest absolute Gasteiger partial charge is 0.347 e. The molecule has 2 aromatic rings. The SMILES string of the molecule is COC1(OC)[C@@]2(Cl)C(Cl)=C(Cl)[C@]1(Cl)n1c(=O)n(-c3ccccc3)c(=O)n12. The van der Waals surface area contributed by atoms with E-state index in [0.29, 0.717) is 5.69 Å². The van der Waals surface area contributed by atoms with Crippen LogP contribution >= 0.6 is 46.4 Å². The highest BCUT2D eigenvalue weighted by atomic mass is 35.5.